The Kier molecular flexibility index (Phi) is 7.61. The molecule has 1 aromatic heterocycles. The first-order valence-corrected chi connectivity index (χ1v) is 11.7. The summed E-state index contributed by atoms with van der Waals surface area (Å²) in [6, 6.07) is 11.5. The third kappa shape index (κ3) is 5.54. The zero-order valence-corrected chi connectivity index (χ0v) is 20.3. The monoisotopic (exact) mass is 514 g/mol. The summed E-state index contributed by atoms with van der Waals surface area (Å²) in [6.07, 6.45) is 4.16. The number of hydrogen-bond acceptors (Lipinski definition) is 8. The van der Waals surface area contributed by atoms with Gasteiger partial charge in [0.2, 0.25) is 0 Å². The molecule has 3 aromatic rings. The molecule has 2 heterocycles. The van der Waals surface area contributed by atoms with Crippen LogP contribution in [0.2, 0.25) is 0 Å². The summed E-state index contributed by atoms with van der Waals surface area (Å²) in [5.74, 6) is 1.77. The summed E-state index contributed by atoms with van der Waals surface area (Å²) < 4.78 is 17.5. The van der Waals surface area contributed by atoms with Crippen molar-refractivity contribution in [1.29, 1.82) is 0 Å². The smallest absolute Gasteiger partial charge is 0.323 e. The molecule has 1 atom stereocenters. The van der Waals surface area contributed by atoms with Gasteiger partial charge >= 0.3 is 5.97 Å². The normalized spacial score (nSPS) is 16.0. The Morgan fingerprint density at radius 3 is 2.88 bits per heavy atom. The summed E-state index contributed by atoms with van der Waals surface area (Å²) >= 11 is 3.49. The molecule has 0 aliphatic carbocycles. The molecule has 0 amide bonds. The number of anilines is 2. The number of nitrogens with zero attached hydrogens (tertiary/aromatic N) is 3. The maximum atomic E-state index is 11.9. The number of fused-ring (bicyclic) bond motifs is 1. The molecule has 0 radical (unpaired) electrons. The van der Waals surface area contributed by atoms with Gasteiger partial charge in [0.15, 0.2) is 11.5 Å². The van der Waals surface area contributed by atoms with Crippen molar-refractivity contribution in [3.8, 4) is 11.5 Å². The summed E-state index contributed by atoms with van der Waals surface area (Å²) in [6.45, 7) is 2.17. The molecule has 2 aromatic carbocycles. The van der Waals surface area contributed by atoms with Crippen molar-refractivity contribution in [2.75, 3.05) is 39.2 Å². The van der Waals surface area contributed by atoms with E-state index in [2.05, 4.69) is 36.1 Å². The van der Waals surface area contributed by atoms with Crippen LogP contribution in [0.4, 0.5) is 11.5 Å². The number of carbonyl (C=O) groups is 1. The van der Waals surface area contributed by atoms with E-state index in [0.717, 1.165) is 53.4 Å². The van der Waals surface area contributed by atoms with Crippen molar-refractivity contribution < 1.29 is 19.0 Å². The van der Waals surface area contributed by atoms with E-state index in [1.165, 1.54) is 13.4 Å². The number of nitrogens with one attached hydrogen (secondary N) is 1. The largest absolute Gasteiger partial charge is 0.493 e. The van der Waals surface area contributed by atoms with Gasteiger partial charge in [-0.3, -0.25) is 9.69 Å². The van der Waals surface area contributed by atoms with Gasteiger partial charge in [0.05, 0.1) is 26.3 Å². The molecule has 0 unspecified atom stereocenters. The second-order valence-corrected chi connectivity index (χ2v) is 8.71. The van der Waals surface area contributed by atoms with Crippen LogP contribution in [-0.2, 0) is 9.53 Å². The third-order valence-corrected chi connectivity index (χ3v) is 6.19. The fraction of sp³-hybridized carbons (Fsp3) is 0.375. The lowest BCUT2D eigenvalue weighted by molar-refractivity contribution is -0.145. The van der Waals surface area contributed by atoms with Gasteiger partial charge in [-0.1, -0.05) is 22.0 Å². The lowest BCUT2D eigenvalue weighted by atomic mass is 10.2. The number of halogens is 1. The van der Waals surface area contributed by atoms with E-state index in [4.69, 9.17) is 14.2 Å². The average molecular weight is 515 g/mol. The van der Waals surface area contributed by atoms with Gasteiger partial charge < -0.3 is 19.5 Å². The number of ether oxygens (including phenoxy) is 3. The Hall–Kier alpha value is -2.91. The van der Waals surface area contributed by atoms with Crippen molar-refractivity contribution in [3.63, 3.8) is 0 Å². The standard InChI is InChI=1S/C24H27BrN4O4/c1-31-21-14-19-18(23(27-15-26-19)28-17-7-3-6-16(25)12-17)13-22(21)33-11-5-10-29-9-4-8-20(29)24(30)32-2/h3,6-7,12-15,20H,4-5,8-11H2,1-2H3,(H,26,27,28)/t20-/m1/s1. The van der Waals surface area contributed by atoms with E-state index in [-0.39, 0.29) is 12.0 Å². The number of rotatable bonds is 9. The second-order valence-electron chi connectivity index (χ2n) is 7.80. The molecule has 0 spiro atoms. The van der Waals surface area contributed by atoms with Crippen LogP contribution < -0.4 is 14.8 Å². The molecule has 1 saturated heterocycles. The number of carbonyl (C=O) groups excluding carboxylic acids is 1. The van der Waals surface area contributed by atoms with Crippen LogP contribution >= 0.6 is 15.9 Å². The van der Waals surface area contributed by atoms with Gasteiger partial charge in [0, 0.05) is 28.2 Å². The van der Waals surface area contributed by atoms with Crippen LogP contribution in [0.5, 0.6) is 11.5 Å². The fourth-order valence-electron chi connectivity index (χ4n) is 4.09. The van der Waals surface area contributed by atoms with Gasteiger partial charge in [0.25, 0.3) is 0 Å². The van der Waals surface area contributed by atoms with Gasteiger partial charge in [-0.15, -0.1) is 0 Å². The Morgan fingerprint density at radius 1 is 1.21 bits per heavy atom. The molecule has 1 aliphatic heterocycles. The molecule has 4 rings (SSSR count). The van der Waals surface area contributed by atoms with Gasteiger partial charge in [-0.2, -0.15) is 0 Å². The Bertz CT molecular complexity index is 1130. The predicted molar refractivity (Wildman–Crippen MR) is 130 cm³/mol. The van der Waals surface area contributed by atoms with Crippen LogP contribution in [-0.4, -0.2) is 60.8 Å². The molecule has 1 N–H and O–H groups in total. The van der Waals surface area contributed by atoms with Crippen molar-refractivity contribution in [2.24, 2.45) is 0 Å². The lowest BCUT2D eigenvalue weighted by Crippen LogP contribution is -2.37. The highest BCUT2D eigenvalue weighted by Gasteiger charge is 2.30. The van der Waals surface area contributed by atoms with E-state index in [9.17, 15) is 4.79 Å². The number of likely N-dealkylation sites (tertiary alicyclic amines) is 1. The van der Waals surface area contributed by atoms with Gasteiger partial charge in [-0.05, 0) is 50.1 Å². The molecule has 1 fully saturated rings. The van der Waals surface area contributed by atoms with Crippen LogP contribution in [0.1, 0.15) is 19.3 Å². The van der Waals surface area contributed by atoms with Crippen LogP contribution in [0.3, 0.4) is 0 Å². The van der Waals surface area contributed by atoms with E-state index < -0.39 is 0 Å². The van der Waals surface area contributed by atoms with Crippen LogP contribution in [0, 0.1) is 0 Å². The number of hydrogen-bond donors (Lipinski definition) is 1. The van der Waals surface area contributed by atoms with Crippen molar-refractivity contribution in [1.82, 2.24) is 14.9 Å². The highest BCUT2D eigenvalue weighted by Crippen LogP contribution is 2.35. The minimum Gasteiger partial charge on any atom is -0.493 e. The Morgan fingerprint density at radius 2 is 2.09 bits per heavy atom. The third-order valence-electron chi connectivity index (χ3n) is 5.69. The molecule has 1 aliphatic rings. The first-order chi connectivity index (χ1) is 16.1. The summed E-state index contributed by atoms with van der Waals surface area (Å²) in [4.78, 5) is 22.9. The van der Waals surface area contributed by atoms with Gasteiger partial charge in [0.1, 0.15) is 18.2 Å². The summed E-state index contributed by atoms with van der Waals surface area (Å²) in [5.41, 5.74) is 1.66. The van der Waals surface area contributed by atoms with Crippen LogP contribution in [0.25, 0.3) is 10.9 Å². The first kappa shape index (κ1) is 23.3. The highest BCUT2D eigenvalue weighted by molar-refractivity contribution is 9.10. The second kappa shape index (κ2) is 10.8. The van der Waals surface area contributed by atoms with E-state index in [1.54, 1.807) is 7.11 Å². The molecule has 9 heteroatoms. The number of benzene rings is 2. The fourth-order valence-corrected chi connectivity index (χ4v) is 4.48. The molecule has 0 bridgehead atoms. The summed E-state index contributed by atoms with van der Waals surface area (Å²) in [5, 5.41) is 4.18. The number of aromatic nitrogens is 2. The molecule has 174 valence electrons. The van der Waals surface area contributed by atoms with Crippen LogP contribution in [0.15, 0.2) is 47.2 Å². The number of methoxy groups -OCH3 is 2. The Labute approximate surface area is 201 Å². The molecule has 0 saturated carbocycles. The van der Waals surface area contributed by atoms with Crippen molar-refractivity contribution in [2.45, 2.75) is 25.3 Å². The zero-order chi connectivity index (χ0) is 23.2. The Balaban J connectivity index is 1.47. The topological polar surface area (TPSA) is 85.8 Å². The van der Waals surface area contributed by atoms with Crippen molar-refractivity contribution in [3.05, 3.63) is 47.2 Å². The predicted octanol–water partition coefficient (Wildman–Crippen LogP) is 4.55. The van der Waals surface area contributed by atoms with Crippen molar-refractivity contribution >= 4 is 44.3 Å². The highest BCUT2D eigenvalue weighted by atomic mass is 79.9. The summed E-state index contributed by atoms with van der Waals surface area (Å²) in [7, 11) is 3.05. The first-order valence-electron chi connectivity index (χ1n) is 10.9. The van der Waals surface area contributed by atoms with Gasteiger partial charge in [-0.25, -0.2) is 9.97 Å². The van der Waals surface area contributed by atoms with E-state index in [0.29, 0.717) is 23.9 Å². The molecule has 33 heavy (non-hydrogen) atoms. The van der Waals surface area contributed by atoms with E-state index in [1.807, 2.05) is 36.4 Å². The molecular weight excluding hydrogens is 488 g/mol. The van der Waals surface area contributed by atoms with E-state index >= 15 is 0 Å². The maximum absolute atomic E-state index is 11.9. The maximum Gasteiger partial charge on any atom is 0.323 e. The quantitative estimate of drug-likeness (QED) is 0.328. The average Bonchev–Trinajstić information content (AvgIpc) is 3.30. The number of esters is 1. The zero-order valence-electron chi connectivity index (χ0n) is 18.7. The minimum atomic E-state index is -0.157. The molecule has 8 nitrogen and oxygen atoms in total. The minimum absolute atomic E-state index is 0.144. The SMILES string of the molecule is COC(=O)[C@H]1CCCN1CCCOc1cc2c(Nc3cccc(Br)c3)ncnc2cc1OC. The lowest BCUT2D eigenvalue weighted by Gasteiger charge is -2.22. The molecular formula is C24H27BrN4O4.